The summed E-state index contributed by atoms with van der Waals surface area (Å²) in [6, 6.07) is 9.74. The minimum absolute atomic E-state index is 0.182. The summed E-state index contributed by atoms with van der Waals surface area (Å²) < 4.78 is 10.8. The van der Waals surface area contributed by atoms with E-state index in [1.807, 2.05) is 37.3 Å². The summed E-state index contributed by atoms with van der Waals surface area (Å²) >= 11 is 0. The van der Waals surface area contributed by atoms with E-state index in [1.165, 1.54) is 0 Å². The highest BCUT2D eigenvalue weighted by Gasteiger charge is 2.38. The molecular weight excluding hydrogens is 268 g/mol. The predicted octanol–water partition coefficient (Wildman–Crippen LogP) is 3.16. The van der Waals surface area contributed by atoms with Gasteiger partial charge in [-0.25, -0.2) is 0 Å². The van der Waals surface area contributed by atoms with Crippen LogP contribution in [0, 0.1) is 6.92 Å². The standard InChI is InChI=1S/C16H18N2O3/c1-11-13(12-7-4-3-5-8-12)18-21-14(11)17-15(19)16(2)9-6-10-20-16/h3-5,7-8H,6,9-10H2,1-2H3,(H,17,19). The van der Waals surface area contributed by atoms with Gasteiger partial charge in [0.1, 0.15) is 11.3 Å². The molecule has 1 saturated heterocycles. The first-order chi connectivity index (χ1) is 10.1. The first kappa shape index (κ1) is 13.8. The van der Waals surface area contributed by atoms with Crippen LogP contribution in [0.15, 0.2) is 34.9 Å². The molecule has 0 spiro atoms. The Morgan fingerprint density at radius 1 is 1.33 bits per heavy atom. The molecule has 5 heteroatoms. The summed E-state index contributed by atoms with van der Waals surface area (Å²) in [7, 11) is 0. The number of aromatic nitrogens is 1. The van der Waals surface area contributed by atoms with Gasteiger partial charge in [0.05, 0.1) is 0 Å². The summed E-state index contributed by atoms with van der Waals surface area (Å²) in [5.74, 6) is 0.203. The molecule has 1 aliphatic heterocycles. The predicted molar refractivity (Wildman–Crippen MR) is 78.9 cm³/mol. The third-order valence-electron chi connectivity index (χ3n) is 3.90. The van der Waals surface area contributed by atoms with Crippen LogP contribution in [0.1, 0.15) is 25.3 Å². The highest BCUT2D eigenvalue weighted by Crippen LogP contribution is 2.30. The number of carbonyl (C=O) groups is 1. The highest BCUT2D eigenvalue weighted by atomic mass is 16.5. The molecule has 0 radical (unpaired) electrons. The van der Waals surface area contributed by atoms with Crippen LogP contribution in [0.25, 0.3) is 11.3 Å². The van der Waals surface area contributed by atoms with Crippen LogP contribution in [-0.4, -0.2) is 23.3 Å². The summed E-state index contributed by atoms with van der Waals surface area (Å²) in [6.45, 7) is 4.31. The van der Waals surface area contributed by atoms with Crippen LogP contribution >= 0.6 is 0 Å². The lowest BCUT2D eigenvalue weighted by molar-refractivity contribution is -0.133. The number of nitrogens with zero attached hydrogens (tertiary/aromatic N) is 1. The zero-order chi connectivity index (χ0) is 14.9. The van der Waals surface area contributed by atoms with Crippen molar-refractivity contribution < 1.29 is 14.1 Å². The molecule has 1 unspecified atom stereocenters. The Kier molecular flexibility index (Phi) is 3.51. The van der Waals surface area contributed by atoms with Crippen molar-refractivity contribution in [1.29, 1.82) is 0 Å². The average Bonchev–Trinajstić information content (AvgIpc) is 3.08. The minimum atomic E-state index is -0.772. The zero-order valence-electron chi connectivity index (χ0n) is 12.2. The second kappa shape index (κ2) is 5.33. The van der Waals surface area contributed by atoms with Gasteiger partial charge in [0, 0.05) is 17.7 Å². The third-order valence-corrected chi connectivity index (χ3v) is 3.90. The number of hydrogen-bond acceptors (Lipinski definition) is 4. The SMILES string of the molecule is Cc1c(-c2ccccc2)noc1NC(=O)C1(C)CCCO1. The lowest BCUT2D eigenvalue weighted by atomic mass is 10.0. The molecule has 1 aliphatic rings. The van der Waals surface area contributed by atoms with Gasteiger partial charge < -0.3 is 9.26 Å². The summed E-state index contributed by atoms with van der Waals surface area (Å²) in [4.78, 5) is 12.3. The molecule has 0 bridgehead atoms. The van der Waals surface area contributed by atoms with Crippen LogP contribution < -0.4 is 5.32 Å². The Hall–Kier alpha value is -2.14. The van der Waals surface area contributed by atoms with E-state index in [9.17, 15) is 4.79 Å². The second-order valence-electron chi connectivity index (χ2n) is 5.49. The number of carbonyl (C=O) groups excluding carboxylic acids is 1. The fourth-order valence-electron chi connectivity index (χ4n) is 2.51. The van der Waals surface area contributed by atoms with Crippen molar-refractivity contribution in [2.24, 2.45) is 0 Å². The molecule has 1 amide bonds. The Balaban J connectivity index is 1.81. The van der Waals surface area contributed by atoms with E-state index in [1.54, 1.807) is 6.92 Å². The Bertz CT molecular complexity index is 643. The maximum absolute atomic E-state index is 12.3. The normalized spacial score (nSPS) is 21.4. The van der Waals surface area contributed by atoms with E-state index >= 15 is 0 Å². The maximum Gasteiger partial charge on any atom is 0.258 e. The molecule has 1 atom stereocenters. The molecule has 2 aromatic rings. The number of hydrogen-bond donors (Lipinski definition) is 1. The number of amides is 1. The molecule has 5 nitrogen and oxygen atoms in total. The fraction of sp³-hybridized carbons (Fsp3) is 0.375. The van der Waals surface area contributed by atoms with Gasteiger partial charge in [-0.05, 0) is 26.7 Å². The van der Waals surface area contributed by atoms with E-state index in [2.05, 4.69) is 10.5 Å². The van der Waals surface area contributed by atoms with Crippen molar-refractivity contribution >= 4 is 11.8 Å². The van der Waals surface area contributed by atoms with E-state index in [0.717, 1.165) is 29.7 Å². The van der Waals surface area contributed by atoms with Gasteiger partial charge in [-0.1, -0.05) is 35.5 Å². The van der Waals surface area contributed by atoms with Crippen LogP contribution in [0.5, 0.6) is 0 Å². The molecule has 0 saturated carbocycles. The number of rotatable bonds is 3. The van der Waals surface area contributed by atoms with Crippen LogP contribution in [-0.2, 0) is 9.53 Å². The smallest absolute Gasteiger partial charge is 0.258 e. The Morgan fingerprint density at radius 2 is 2.10 bits per heavy atom. The third kappa shape index (κ3) is 2.56. The van der Waals surface area contributed by atoms with Crippen molar-refractivity contribution in [3.63, 3.8) is 0 Å². The maximum atomic E-state index is 12.3. The Morgan fingerprint density at radius 3 is 2.76 bits per heavy atom. The van der Waals surface area contributed by atoms with Gasteiger partial charge >= 0.3 is 0 Å². The molecule has 3 rings (SSSR count). The highest BCUT2D eigenvalue weighted by molar-refractivity contribution is 5.97. The molecule has 2 heterocycles. The van der Waals surface area contributed by atoms with Gasteiger partial charge in [0.2, 0.25) is 5.88 Å². The molecule has 21 heavy (non-hydrogen) atoms. The first-order valence-electron chi connectivity index (χ1n) is 7.07. The van der Waals surface area contributed by atoms with Crippen molar-refractivity contribution in [2.45, 2.75) is 32.3 Å². The summed E-state index contributed by atoms with van der Waals surface area (Å²) in [5, 5.41) is 6.85. The van der Waals surface area contributed by atoms with Crippen molar-refractivity contribution in [3.05, 3.63) is 35.9 Å². The topological polar surface area (TPSA) is 64.4 Å². The summed E-state index contributed by atoms with van der Waals surface area (Å²) in [6.07, 6.45) is 1.62. The number of anilines is 1. The quantitative estimate of drug-likeness (QED) is 0.941. The molecule has 1 N–H and O–H groups in total. The van der Waals surface area contributed by atoms with Crippen LogP contribution in [0.3, 0.4) is 0 Å². The fourth-order valence-corrected chi connectivity index (χ4v) is 2.51. The van der Waals surface area contributed by atoms with E-state index in [0.29, 0.717) is 12.5 Å². The number of nitrogens with one attached hydrogen (secondary N) is 1. The van der Waals surface area contributed by atoms with Crippen molar-refractivity contribution in [3.8, 4) is 11.3 Å². The van der Waals surface area contributed by atoms with Crippen LogP contribution in [0.4, 0.5) is 5.88 Å². The Labute approximate surface area is 123 Å². The van der Waals surface area contributed by atoms with Crippen LogP contribution in [0.2, 0.25) is 0 Å². The van der Waals surface area contributed by atoms with Crippen molar-refractivity contribution in [2.75, 3.05) is 11.9 Å². The van der Waals surface area contributed by atoms with E-state index in [-0.39, 0.29) is 5.91 Å². The molecular formula is C16H18N2O3. The summed E-state index contributed by atoms with van der Waals surface area (Å²) in [5.41, 5.74) is 1.74. The van der Waals surface area contributed by atoms with Crippen molar-refractivity contribution in [1.82, 2.24) is 5.16 Å². The van der Waals surface area contributed by atoms with Gasteiger partial charge in [-0.15, -0.1) is 0 Å². The second-order valence-corrected chi connectivity index (χ2v) is 5.49. The van der Waals surface area contributed by atoms with Gasteiger partial charge in [-0.2, -0.15) is 0 Å². The lowest BCUT2D eigenvalue weighted by Crippen LogP contribution is -2.39. The zero-order valence-corrected chi connectivity index (χ0v) is 12.2. The molecule has 110 valence electrons. The first-order valence-corrected chi connectivity index (χ1v) is 7.07. The van der Waals surface area contributed by atoms with E-state index in [4.69, 9.17) is 9.26 Å². The van der Waals surface area contributed by atoms with Gasteiger partial charge in [0.15, 0.2) is 0 Å². The largest absolute Gasteiger partial charge is 0.365 e. The average molecular weight is 286 g/mol. The van der Waals surface area contributed by atoms with E-state index < -0.39 is 5.60 Å². The molecule has 1 aromatic carbocycles. The van der Waals surface area contributed by atoms with Gasteiger partial charge in [0.25, 0.3) is 5.91 Å². The number of ether oxygens (including phenoxy) is 1. The monoisotopic (exact) mass is 286 g/mol. The molecule has 1 fully saturated rings. The number of benzene rings is 1. The molecule has 1 aromatic heterocycles. The lowest BCUT2D eigenvalue weighted by Gasteiger charge is -2.20. The van der Waals surface area contributed by atoms with Gasteiger partial charge in [-0.3, -0.25) is 10.1 Å². The minimum Gasteiger partial charge on any atom is -0.365 e. The molecule has 0 aliphatic carbocycles.